The lowest BCUT2D eigenvalue weighted by Crippen LogP contribution is -2.24. The number of nitrogens with zero attached hydrogens (tertiary/aromatic N) is 2. The molecule has 2 aromatic heterocycles. The van der Waals surface area contributed by atoms with Crippen molar-refractivity contribution < 1.29 is 9.53 Å². The third kappa shape index (κ3) is 3.91. The number of carbonyl (C=O) groups is 1. The van der Waals surface area contributed by atoms with Crippen LogP contribution in [0, 0.1) is 0 Å². The first-order valence-corrected chi connectivity index (χ1v) is 8.81. The largest absolute Gasteiger partial charge is 0.483 e. The number of hydrogen-bond donors (Lipinski definition) is 2. The summed E-state index contributed by atoms with van der Waals surface area (Å²) in [4.78, 5) is 19.4. The van der Waals surface area contributed by atoms with Gasteiger partial charge in [-0.05, 0) is 24.3 Å². The van der Waals surface area contributed by atoms with Gasteiger partial charge in [-0.25, -0.2) is 5.43 Å². The van der Waals surface area contributed by atoms with Crippen LogP contribution >= 0.6 is 0 Å². The molecule has 6 heteroatoms. The minimum atomic E-state index is -0.335. The SMILES string of the molecule is O=C(COc1ccccc1-c1cccnc1)N/N=C/c1cccc2[nH]ccc12. The Bertz CT molecular complexity index is 1120. The number of fused-ring (bicyclic) bond motifs is 1. The Morgan fingerprint density at radius 3 is 2.93 bits per heavy atom. The molecule has 2 heterocycles. The van der Waals surface area contributed by atoms with Gasteiger partial charge in [0, 0.05) is 46.2 Å². The van der Waals surface area contributed by atoms with Gasteiger partial charge < -0.3 is 9.72 Å². The lowest BCUT2D eigenvalue weighted by Gasteiger charge is -2.10. The van der Waals surface area contributed by atoms with Crippen molar-refractivity contribution in [2.24, 2.45) is 5.10 Å². The summed E-state index contributed by atoms with van der Waals surface area (Å²) in [5, 5.41) is 5.08. The molecule has 0 fully saturated rings. The molecular formula is C22H18N4O2. The highest BCUT2D eigenvalue weighted by molar-refractivity contribution is 5.98. The van der Waals surface area contributed by atoms with Crippen molar-refractivity contribution in [2.75, 3.05) is 6.61 Å². The summed E-state index contributed by atoms with van der Waals surface area (Å²) < 4.78 is 5.70. The Kier molecular flexibility index (Phi) is 5.11. The fourth-order valence-corrected chi connectivity index (χ4v) is 2.92. The predicted octanol–water partition coefficient (Wildman–Crippen LogP) is 3.76. The van der Waals surface area contributed by atoms with Gasteiger partial charge in [0.2, 0.25) is 0 Å². The number of pyridine rings is 1. The number of hydrazone groups is 1. The van der Waals surface area contributed by atoms with Crippen LogP contribution in [0.3, 0.4) is 0 Å². The van der Waals surface area contributed by atoms with Crippen LogP contribution in [0.1, 0.15) is 5.56 Å². The number of hydrogen-bond acceptors (Lipinski definition) is 4. The topological polar surface area (TPSA) is 79.4 Å². The molecule has 0 unspecified atom stereocenters. The van der Waals surface area contributed by atoms with Crippen LogP contribution in [0.15, 0.2) is 84.4 Å². The van der Waals surface area contributed by atoms with Crippen molar-refractivity contribution in [3.05, 3.63) is 84.8 Å². The molecule has 4 rings (SSSR count). The van der Waals surface area contributed by atoms with Crippen LogP contribution in [0.5, 0.6) is 5.75 Å². The number of ether oxygens (including phenoxy) is 1. The molecule has 4 aromatic rings. The number of para-hydroxylation sites is 1. The lowest BCUT2D eigenvalue weighted by atomic mass is 10.1. The first-order chi connectivity index (χ1) is 13.8. The predicted molar refractivity (Wildman–Crippen MR) is 109 cm³/mol. The normalized spacial score (nSPS) is 11.0. The molecule has 0 bridgehead atoms. The van der Waals surface area contributed by atoms with Gasteiger partial charge in [0.25, 0.3) is 5.91 Å². The average molecular weight is 370 g/mol. The van der Waals surface area contributed by atoms with Crippen molar-refractivity contribution in [3.8, 4) is 16.9 Å². The molecule has 28 heavy (non-hydrogen) atoms. The third-order valence-electron chi connectivity index (χ3n) is 4.24. The maximum atomic E-state index is 12.1. The minimum absolute atomic E-state index is 0.136. The van der Waals surface area contributed by atoms with Crippen LogP contribution in [0.2, 0.25) is 0 Å². The van der Waals surface area contributed by atoms with E-state index in [1.807, 2.05) is 66.9 Å². The van der Waals surface area contributed by atoms with Gasteiger partial charge in [-0.1, -0.05) is 36.4 Å². The first-order valence-electron chi connectivity index (χ1n) is 8.81. The van der Waals surface area contributed by atoms with Crippen LogP contribution in [-0.4, -0.2) is 28.7 Å². The highest BCUT2D eigenvalue weighted by Gasteiger charge is 2.08. The van der Waals surface area contributed by atoms with Crippen LogP contribution in [0.25, 0.3) is 22.0 Å². The van der Waals surface area contributed by atoms with Crippen molar-refractivity contribution in [1.29, 1.82) is 0 Å². The number of amides is 1. The smallest absolute Gasteiger partial charge is 0.277 e. The van der Waals surface area contributed by atoms with Crippen LogP contribution in [0.4, 0.5) is 0 Å². The second-order valence-corrected chi connectivity index (χ2v) is 6.11. The van der Waals surface area contributed by atoms with Crippen LogP contribution < -0.4 is 10.2 Å². The molecule has 2 N–H and O–H groups in total. The molecule has 0 spiro atoms. The number of carbonyl (C=O) groups excluding carboxylic acids is 1. The van der Waals surface area contributed by atoms with Gasteiger partial charge in [-0.2, -0.15) is 5.10 Å². The van der Waals surface area contributed by atoms with Gasteiger partial charge >= 0.3 is 0 Å². The molecule has 6 nitrogen and oxygen atoms in total. The maximum absolute atomic E-state index is 12.1. The summed E-state index contributed by atoms with van der Waals surface area (Å²) in [7, 11) is 0. The summed E-state index contributed by atoms with van der Waals surface area (Å²) in [6.07, 6.45) is 6.96. The van der Waals surface area contributed by atoms with E-state index < -0.39 is 0 Å². The molecule has 1 amide bonds. The van der Waals surface area contributed by atoms with E-state index in [1.165, 1.54) is 0 Å². The molecule has 2 aromatic carbocycles. The fraction of sp³-hybridized carbons (Fsp3) is 0.0455. The van der Waals surface area contributed by atoms with Gasteiger partial charge in [0.05, 0.1) is 6.21 Å². The lowest BCUT2D eigenvalue weighted by molar-refractivity contribution is -0.123. The number of aromatic nitrogens is 2. The van der Waals surface area contributed by atoms with E-state index >= 15 is 0 Å². The van der Waals surface area contributed by atoms with E-state index in [1.54, 1.807) is 18.6 Å². The summed E-state index contributed by atoms with van der Waals surface area (Å²) >= 11 is 0. The number of aromatic amines is 1. The van der Waals surface area contributed by atoms with Gasteiger partial charge in [0.1, 0.15) is 5.75 Å². The molecule has 138 valence electrons. The molecule has 0 aliphatic rings. The zero-order valence-electron chi connectivity index (χ0n) is 15.0. The molecule has 0 aliphatic carbocycles. The van der Waals surface area contributed by atoms with Crippen molar-refractivity contribution in [2.45, 2.75) is 0 Å². The zero-order valence-corrected chi connectivity index (χ0v) is 15.0. The standard InChI is InChI=1S/C22H18N4O2/c27-22(26-25-14-17-5-3-8-20-18(17)10-12-24-20)15-28-21-9-2-1-7-19(21)16-6-4-11-23-13-16/h1-14,24H,15H2,(H,26,27)/b25-14+. The Morgan fingerprint density at radius 1 is 1.11 bits per heavy atom. The Balaban J connectivity index is 1.39. The molecule has 0 radical (unpaired) electrons. The minimum Gasteiger partial charge on any atom is -0.483 e. The molecular weight excluding hydrogens is 352 g/mol. The van der Waals surface area contributed by atoms with Crippen molar-refractivity contribution >= 4 is 23.0 Å². The quantitative estimate of drug-likeness (QED) is 0.401. The Labute approximate surface area is 161 Å². The monoisotopic (exact) mass is 370 g/mol. The number of nitrogens with one attached hydrogen (secondary N) is 2. The maximum Gasteiger partial charge on any atom is 0.277 e. The van der Waals surface area contributed by atoms with Crippen LogP contribution in [-0.2, 0) is 4.79 Å². The Hall–Kier alpha value is -3.93. The average Bonchev–Trinajstić information content (AvgIpc) is 3.23. The summed E-state index contributed by atoms with van der Waals surface area (Å²) in [5.74, 6) is 0.283. The van der Waals surface area contributed by atoms with E-state index in [0.29, 0.717) is 5.75 Å². The van der Waals surface area contributed by atoms with E-state index in [9.17, 15) is 4.79 Å². The highest BCUT2D eigenvalue weighted by atomic mass is 16.5. The van der Waals surface area contributed by atoms with E-state index in [4.69, 9.17) is 4.74 Å². The second kappa shape index (κ2) is 8.18. The molecule has 0 aliphatic heterocycles. The zero-order chi connectivity index (χ0) is 19.2. The highest BCUT2D eigenvalue weighted by Crippen LogP contribution is 2.28. The second-order valence-electron chi connectivity index (χ2n) is 6.11. The van der Waals surface area contributed by atoms with E-state index in [2.05, 4.69) is 20.5 Å². The van der Waals surface area contributed by atoms with Crippen molar-refractivity contribution in [1.82, 2.24) is 15.4 Å². The summed E-state index contributed by atoms with van der Waals surface area (Å²) in [5.41, 5.74) is 6.25. The van der Waals surface area contributed by atoms with Gasteiger partial charge in [-0.15, -0.1) is 0 Å². The van der Waals surface area contributed by atoms with E-state index in [0.717, 1.165) is 27.6 Å². The van der Waals surface area contributed by atoms with Gasteiger partial charge in [0.15, 0.2) is 6.61 Å². The number of rotatable bonds is 6. The molecule has 0 saturated carbocycles. The Morgan fingerprint density at radius 2 is 2.04 bits per heavy atom. The molecule has 0 atom stereocenters. The first kappa shape index (κ1) is 17.5. The van der Waals surface area contributed by atoms with Gasteiger partial charge in [-0.3, -0.25) is 9.78 Å². The summed E-state index contributed by atoms with van der Waals surface area (Å²) in [6.45, 7) is -0.136. The summed E-state index contributed by atoms with van der Waals surface area (Å²) in [6, 6.07) is 19.2. The van der Waals surface area contributed by atoms with E-state index in [-0.39, 0.29) is 12.5 Å². The number of H-pyrrole nitrogens is 1. The number of benzene rings is 2. The van der Waals surface area contributed by atoms with Crippen molar-refractivity contribution in [3.63, 3.8) is 0 Å². The fourth-order valence-electron chi connectivity index (χ4n) is 2.92. The molecule has 0 saturated heterocycles. The third-order valence-corrected chi connectivity index (χ3v) is 4.24.